The van der Waals surface area contributed by atoms with Crippen LogP contribution in [-0.4, -0.2) is 31.7 Å². The van der Waals surface area contributed by atoms with Crippen LogP contribution in [0.1, 0.15) is 35.8 Å². The highest BCUT2D eigenvalue weighted by molar-refractivity contribution is 5.92. The molecule has 150 valence electrons. The monoisotopic (exact) mass is 393 g/mol. The second kappa shape index (κ2) is 10.2. The van der Waals surface area contributed by atoms with Gasteiger partial charge in [-0.05, 0) is 37.6 Å². The first-order valence-corrected chi connectivity index (χ1v) is 8.63. The molecule has 1 amide bonds. The summed E-state index contributed by atoms with van der Waals surface area (Å²) in [6.07, 6.45) is 0. The molecule has 2 rings (SSSR count). The smallest absolute Gasteiger partial charge is 0.387 e. The van der Waals surface area contributed by atoms with Gasteiger partial charge in [0.15, 0.2) is 18.1 Å². The molecule has 0 aliphatic heterocycles. The minimum absolute atomic E-state index is 0.0144. The Morgan fingerprint density at radius 3 is 2.43 bits per heavy atom. The minimum atomic E-state index is -3.02. The van der Waals surface area contributed by atoms with Gasteiger partial charge in [0, 0.05) is 0 Å². The molecule has 0 aliphatic rings. The molecule has 0 saturated carbocycles. The van der Waals surface area contributed by atoms with Crippen molar-refractivity contribution in [1.29, 1.82) is 0 Å². The van der Waals surface area contributed by atoms with Crippen LogP contribution in [0.5, 0.6) is 11.5 Å². The summed E-state index contributed by atoms with van der Waals surface area (Å²) < 4.78 is 39.4. The van der Waals surface area contributed by atoms with E-state index in [2.05, 4.69) is 10.1 Å². The molecule has 0 spiro atoms. The van der Waals surface area contributed by atoms with Gasteiger partial charge in [-0.25, -0.2) is 4.79 Å². The average Bonchev–Trinajstić information content (AvgIpc) is 2.68. The summed E-state index contributed by atoms with van der Waals surface area (Å²) in [5.41, 5.74) is 0.965. The van der Waals surface area contributed by atoms with Crippen molar-refractivity contribution in [2.75, 3.05) is 13.2 Å². The Kier molecular flexibility index (Phi) is 7.74. The molecule has 8 heteroatoms. The zero-order valence-electron chi connectivity index (χ0n) is 15.5. The average molecular weight is 393 g/mol. The second-order valence-electron chi connectivity index (χ2n) is 5.75. The van der Waals surface area contributed by atoms with Crippen LogP contribution in [0, 0.1) is 0 Å². The summed E-state index contributed by atoms with van der Waals surface area (Å²) in [4.78, 5) is 24.1. The van der Waals surface area contributed by atoms with Crippen LogP contribution in [0.2, 0.25) is 0 Å². The molecule has 0 aliphatic carbocycles. The number of carbonyl (C=O) groups excluding carboxylic acids is 2. The van der Waals surface area contributed by atoms with Crippen LogP contribution in [0.25, 0.3) is 0 Å². The maximum atomic E-state index is 12.4. The largest absolute Gasteiger partial charge is 0.490 e. The Balaban J connectivity index is 1.94. The number of hydrogen-bond donors (Lipinski definition) is 1. The molecular formula is C20H21F2NO5. The van der Waals surface area contributed by atoms with Crippen molar-refractivity contribution in [3.8, 4) is 11.5 Å². The molecule has 6 nitrogen and oxygen atoms in total. The quantitative estimate of drug-likeness (QED) is 0.658. The highest BCUT2D eigenvalue weighted by atomic mass is 19.3. The van der Waals surface area contributed by atoms with Crippen molar-refractivity contribution >= 4 is 11.9 Å². The van der Waals surface area contributed by atoms with Gasteiger partial charge in [0.25, 0.3) is 5.91 Å². The normalized spacial score (nSPS) is 11.6. The lowest BCUT2D eigenvalue weighted by atomic mass is 10.1. The molecule has 28 heavy (non-hydrogen) atoms. The van der Waals surface area contributed by atoms with Crippen LogP contribution in [0.3, 0.4) is 0 Å². The van der Waals surface area contributed by atoms with Crippen molar-refractivity contribution < 1.29 is 32.6 Å². The number of benzene rings is 2. The molecule has 0 heterocycles. The first kappa shape index (κ1) is 21.1. The van der Waals surface area contributed by atoms with E-state index in [4.69, 9.17) is 9.47 Å². The molecule has 1 N–H and O–H groups in total. The molecule has 0 fully saturated rings. The third-order valence-corrected chi connectivity index (χ3v) is 3.71. The van der Waals surface area contributed by atoms with Crippen LogP contribution in [0.15, 0.2) is 48.5 Å². The molecule has 2 aromatic carbocycles. The zero-order valence-corrected chi connectivity index (χ0v) is 15.5. The van der Waals surface area contributed by atoms with Crippen molar-refractivity contribution in [1.82, 2.24) is 5.32 Å². The van der Waals surface area contributed by atoms with E-state index >= 15 is 0 Å². The Morgan fingerprint density at radius 2 is 1.79 bits per heavy atom. The van der Waals surface area contributed by atoms with Gasteiger partial charge in [0.2, 0.25) is 0 Å². The van der Waals surface area contributed by atoms with E-state index in [0.717, 1.165) is 5.56 Å². The van der Waals surface area contributed by atoms with Gasteiger partial charge in [-0.1, -0.05) is 30.3 Å². The van der Waals surface area contributed by atoms with E-state index in [-0.39, 0.29) is 29.7 Å². The first-order chi connectivity index (χ1) is 13.4. The van der Waals surface area contributed by atoms with E-state index < -0.39 is 25.1 Å². The lowest BCUT2D eigenvalue weighted by Gasteiger charge is -2.15. The lowest BCUT2D eigenvalue weighted by Crippen LogP contribution is -2.31. The summed E-state index contributed by atoms with van der Waals surface area (Å²) in [5.74, 6) is -1.46. The number of rotatable bonds is 9. The highest BCUT2D eigenvalue weighted by Crippen LogP contribution is 2.30. The van der Waals surface area contributed by atoms with E-state index in [9.17, 15) is 18.4 Å². The third-order valence-electron chi connectivity index (χ3n) is 3.71. The Morgan fingerprint density at radius 1 is 1.07 bits per heavy atom. The van der Waals surface area contributed by atoms with Crippen LogP contribution in [0.4, 0.5) is 8.78 Å². The van der Waals surface area contributed by atoms with E-state index in [1.165, 1.54) is 18.2 Å². The maximum Gasteiger partial charge on any atom is 0.387 e. The van der Waals surface area contributed by atoms with Crippen molar-refractivity contribution in [2.24, 2.45) is 0 Å². The van der Waals surface area contributed by atoms with Gasteiger partial charge >= 0.3 is 12.6 Å². The van der Waals surface area contributed by atoms with Gasteiger partial charge in [-0.3, -0.25) is 4.79 Å². The van der Waals surface area contributed by atoms with Crippen molar-refractivity contribution in [3.63, 3.8) is 0 Å². The zero-order chi connectivity index (χ0) is 20.5. The van der Waals surface area contributed by atoms with Gasteiger partial charge < -0.3 is 19.5 Å². The summed E-state index contributed by atoms with van der Waals surface area (Å²) in [7, 11) is 0. The Hall–Kier alpha value is -3.16. The topological polar surface area (TPSA) is 73.9 Å². The third kappa shape index (κ3) is 6.22. The molecule has 2 aromatic rings. The number of esters is 1. The van der Waals surface area contributed by atoms with E-state index in [0.29, 0.717) is 0 Å². The summed E-state index contributed by atoms with van der Waals surface area (Å²) in [5, 5.41) is 2.72. The fraction of sp³-hybridized carbons (Fsp3) is 0.300. The van der Waals surface area contributed by atoms with E-state index in [1.807, 2.05) is 37.3 Å². The molecular weight excluding hydrogens is 372 g/mol. The number of hydrogen-bond acceptors (Lipinski definition) is 5. The molecule has 0 bridgehead atoms. The minimum Gasteiger partial charge on any atom is -0.490 e. The predicted octanol–water partition coefficient (Wildman–Crippen LogP) is 3.72. The number of amides is 1. The van der Waals surface area contributed by atoms with Crippen LogP contribution in [-0.2, 0) is 9.53 Å². The summed E-state index contributed by atoms with van der Waals surface area (Å²) in [6, 6.07) is 12.7. The molecule has 1 atom stereocenters. The predicted molar refractivity (Wildman–Crippen MR) is 97.5 cm³/mol. The highest BCUT2D eigenvalue weighted by Gasteiger charge is 2.17. The SMILES string of the molecule is CCOc1cc(C(=O)OCC(=O)N[C@@H](C)c2ccccc2)ccc1OC(F)F. The number of halogens is 2. The van der Waals surface area contributed by atoms with Gasteiger partial charge in [-0.2, -0.15) is 8.78 Å². The number of carbonyl (C=O) groups is 2. The standard InChI is InChI=1S/C20H21F2NO5/c1-3-26-17-11-15(9-10-16(17)28-20(21)22)19(25)27-12-18(24)23-13(2)14-7-5-4-6-8-14/h4-11,13,20H,3,12H2,1-2H3,(H,23,24)/t13-/m0/s1. The van der Waals surface area contributed by atoms with Gasteiger partial charge in [0.05, 0.1) is 18.2 Å². The summed E-state index contributed by atoms with van der Waals surface area (Å²) in [6.45, 7) is 0.167. The van der Waals surface area contributed by atoms with Gasteiger partial charge in [-0.15, -0.1) is 0 Å². The fourth-order valence-corrected chi connectivity index (χ4v) is 2.42. The molecule has 0 aromatic heterocycles. The van der Waals surface area contributed by atoms with E-state index in [1.54, 1.807) is 6.92 Å². The first-order valence-electron chi connectivity index (χ1n) is 8.63. The Labute approximate surface area is 161 Å². The van der Waals surface area contributed by atoms with Crippen LogP contribution >= 0.6 is 0 Å². The maximum absolute atomic E-state index is 12.4. The molecule has 0 saturated heterocycles. The Bertz CT molecular complexity index is 798. The number of nitrogens with one attached hydrogen (secondary N) is 1. The molecule has 0 radical (unpaired) electrons. The fourth-order valence-electron chi connectivity index (χ4n) is 2.42. The lowest BCUT2D eigenvalue weighted by molar-refractivity contribution is -0.124. The molecule has 0 unspecified atom stereocenters. The number of alkyl halides is 2. The van der Waals surface area contributed by atoms with Crippen molar-refractivity contribution in [2.45, 2.75) is 26.5 Å². The summed E-state index contributed by atoms with van der Waals surface area (Å²) >= 11 is 0. The van der Waals surface area contributed by atoms with Crippen molar-refractivity contribution in [3.05, 3.63) is 59.7 Å². The number of ether oxygens (including phenoxy) is 3. The van der Waals surface area contributed by atoms with Gasteiger partial charge in [0.1, 0.15) is 0 Å². The second-order valence-corrected chi connectivity index (χ2v) is 5.75. The van der Waals surface area contributed by atoms with Crippen LogP contribution < -0.4 is 14.8 Å².